The van der Waals surface area contributed by atoms with Gasteiger partial charge < -0.3 is 27.2 Å². The average Bonchev–Trinajstić information content (AvgIpc) is 2.54. The summed E-state index contributed by atoms with van der Waals surface area (Å²) < 4.78 is 0. The van der Waals surface area contributed by atoms with Gasteiger partial charge in [-0.05, 0) is 37.2 Å². The number of rotatable bonds is 13. The van der Waals surface area contributed by atoms with Crippen molar-refractivity contribution in [3.05, 3.63) is 0 Å². The second-order valence-corrected chi connectivity index (χ2v) is 7.47. The van der Waals surface area contributed by atoms with Crippen LogP contribution >= 0.6 is 11.8 Å². The lowest BCUT2D eigenvalue weighted by molar-refractivity contribution is -0.142. The maximum atomic E-state index is 12.4. The summed E-state index contributed by atoms with van der Waals surface area (Å²) in [5.74, 6) is -2.26. The van der Waals surface area contributed by atoms with Crippen molar-refractivity contribution in [2.75, 3.05) is 12.0 Å². The Morgan fingerprint density at radius 3 is 2.08 bits per heavy atom. The summed E-state index contributed by atoms with van der Waals surface area (Å²) >= 11 is 1.54. The van der Waals surface area contributed by atoms with Crippen LogP contribution in [0.3, 0.4) is 0 Å². The minimum absolute atomic E-state index is 0.0316. The molecule has 3 atom stereocenters. The van der Waals surface area contributed by atoms with Crippen LogP contribution in [0.15, 0.2) is 0 Å². The number of hydrogen-bond donors (Lipinski definition) is 5. The third-order valence-corrected chi connectivity index (χ3v) is 4.25. The maximum absolute atomic E-state index is 12.4. The van der Waals surface area contributed by atoms with Crippen molar-refractivity contribution in [2.45, 2.75) is 57.7 Å². The molecule has 0 bridgehead atoms. The Labute approximate surface area is 158 Å². The molecule has 0 aromatic carbocycles. The van der Waals surface area contributed by atoms with E-state index in [1.54, 1.807) is 0 Å². The molecule has 0 saturated heterocycles. The van der Waals surface area contributed by atoms with Gasteiger partial charge in [-0.25, -0.2) is 4.79 Å². The number of amides is 3. The Balaban J connectivity index is 5.02. The molecule has 0 aliphatic carbocycles. The molecule has 0 radical (unpaired) electrons. The van der Waals surface area contributed by atoms with E-state index >= 15 is 0 Å². The highest BCUT2D eigenvalue weighted by molar-refractivity contribution is 7.98. The summed E-state index contributed by atoms with van der Waals surface area (Å²) in [7, 11) is 0. The zero-order chi connectivity index (χ0) is 20.3. The number of carboxylic acids is 1. The molecular formula is C16H30N4O5S. The molecule has 0 aliphatic heterocycles. The zero-order valence-electron chi connectivity index (χ0n) is 15.5. The normalized spacial score (nSPS) is 14.3. The van der Waals surface area contributed by atoms with Crippen molar-refractivity contribution in [2.24, 2.45) is 17.4 Å². The van der Waals surface area contributed by atoms with E-state index in [2.05, 4.69) is 10.6 Å². The van der Waals surface area contributed by atoms with Crippen molar-refractivity contribution in [3.8, 4) is 0 Å². The van der Waals surface area contributed by atoms with Gasteiger partial charge in [0.15, 0.2) is 0 Å². The van der Waals surface area contributed by atoms with Gasteiger partial charge in [-0.3, -0.25) is 14.4 Å². The van der Waals surface area contributed by atoms with E-state index in [0.29, 0.717) is 12.2 Å². The number of carboxylic acid groups (broad SMARTS) is 1. The monoisotopic (exact) mass is 390 g/mol. The quantitative estimate of drug-likeness (QED) is 0.281. The number of primary amides is 1. The summed E-state index contributed by atoms with van der Waals surface area (Å²) in [5, 5.41) is 14.1. The molecule has 3 unspecified atom stereocenters. The van der Waals surface area contributed by atoms with Crippen LogP contribution in [0.25, 0.3) is 0 Å². The van der Waals surface area contributed by atoms with Gasteiger partial charge in [0.2, 0.25) is 17.7 Å². The average molecular weight is 391 g/mol. The molecular weight excluding hydrogens is 360 g/mol. The van der Waals surface area contributed by atoms with Gasteiger partial charge in [0.1, 0.15) is 12.1 Å². The van der Waals surface area contributed by atoms with Crippen molar-refractivity contribution in [1.29, 1.82) is 0 Å². The number of thioether (sulfide) groups is 1. The van der Waals surface area contributed by atoms with Crippen molar-refractivity contribution < 1.29 is 24.3 Å². The Morgan fingerprint density at radius 1 is 1.04 bits per heavy atom. The Hall–Kier alpha value is -1.81. The Bertz CT molecular complexity index is 501. The van der Waals surface area contributed by atoms with Crippen molar-refractivity contribution >= 4 is 35.5 Å². The smallest absolute Gasteiger partial charge is 0.326 e. The standard InChI is InChI=1S/C16H30N4O5S/c1-9(2)8-12(16(24)25)20-15(23)11(4-5-13(18)21)19-14(22)10(17)6-7-26-3/h9-12H,4-8,17H2,1-3H3,(H2,18,21)(H,19,22)(H,20,23)(H,24,25). The first-order valence-corrected chi connectivity index (χ1v) is 9.84. The number of carbonyl (C=O) groups is 4. The van der Waals surface area contributed by atoms with Gasteiger partial charge in [-0.15, -0.1) is 0 Å². The predicted octanol–water partition coefficient (Wildman–Crippen LogP) is -0.567. The van der Waals surface area contributed by atoms with Crippen LogP contribution in [-0.2, 0) is 19.2 Å². The van der Waals surface area contributed by atoms with Gasteiger partial charge in [0.25, 0.3) is 0 Å². The van der Waals surface area contributed by atoms with E-state index in [4.69, 9.17) is 11.5 Å². The first-order chi connectivity index (χ1) is 12.1. The minimum Gasteiger partial charge on any atom is -0.480 e. The Morgan fingerprint density at radius 2 is 1.62 bits per heavy atom. The number of nitrogens with two attached hydrogens (primary N) is 2. The topological polar surface area (TPSA) is 165 Å². The SMILES string of the molecule is CSCCC(N)C(=O)NC(CCC(N)=O)C(=O)NC(CC(C)C)C(=O)O. The van der Waals surface area contributed by atoms with Crippen LogP contribution < -0.4 is 22.1 Å². The lowest BCUT2D eigenvalue weighted by Gasteiger charge is -2.23. The summed E-state index contributed by atoms with van der Waals surface area (Å²) in [5.41, 5.74) is 10.9. The van der Waals surface area contributed by atoms with Crippen LogP contribution in [0.1, 0.15) is 39.5 Å². The summed E-state index contributed by atoms with van der Waals surface area (Å²) in [4.78, 5) is 46.9. The first-order valence-electron chi connectivity index (χ1n) is 8.44. The highest BCUT2D eigenvalue weighted by Gasteiger charge is 2.28. The molecule has 26 heavy (non-hydrogen) atoms. The molecule has 3 amide bonds. The van der Waals surface area contributed by atoms with E-state index < -0.39 is 41.8 Å². The largest absolute Gasteiger partial charge is 0.480 e. The summed E-state index contributed by atoms with van der Waals surface area (Å²) in [6.45, 7) is 3.67. The maximum Gasteiger partial charge on any atom is 0.326 e. The molecule has 0 aromatic heterocycles. The second-order valence-electron chi connectivity index (χ2n) is 6.48. The van der Waals surface area contributed by atoms with Gasteiger partial charge in [-0.2, -0.15) is 11.8 Å². The number of carbonyl (C=O) groups excluding carboxylic acids is 3. The molecule has 0 aromatic rings. The van der Waals surface area contributed by atoms with E-state index in [0.717, 1.165) is 0 Å². The molecule has 150 valence electrons. The van der Waals surface area contributed by atoms with Gasteiger partial charge in [-0.1, -0.05) is 13.8 Å². The highest BCUT2D eigenvalue weighted by atomic mass is 32.2. The zero-order valence-corrected chi connectivity index (χ0v) is 16.3. The molecule has 0 heterocycles. The number of aliphatic carboxylic acids is 1. The molecule has 0 spiro atoms. The number of hydrogen-bond acceptors (Lipinski definition) is 6. The summed E-state index contributed by atoms with van der Waals surface area (Å²) in [6.07, 6.45) is 2.40. The minimum atomic E-state index is -1.16. The van der Waals surface area contributed by atoms with Crippen LogP contribution in [-0.4, -0.2) is 58.9 Å². The third kappa shape index (κ3) is 10.2. The van der Waals surface area contributed by atoms with Crippen LogP contribution in [0.4, 0.5) is 0 Å². The van der Waals surface area contributed by atoms with E-state index in [1.807, 2.05) is 20.1 Å². The van der Waals surface area contributed by atoms with Crippen LogP contribution in [0.5, 0.6) is 0 Å². The Kier molecular flexibility index (Phi) is 11.7. The van der Waals surface area contributed by atoms with Gasteiger partial charge in [0, 0.05) is 6.42 Å². The fourth-order valence-electron chi connectivity index (χ4n) is 2.18. The van der Waals surface area contributed by atoms with Crippen LogP contribution in [0.2, 0.25) is 0 Å². The fourth-order valence-corrected chi connectivity index (χ4v) is 2.66. The molecule has 0 fully saturated rings. The first kappa shape index (κ1) is 24.2. The fraction of sp³-hybridized carbons (Fsp3) is 0.750. The lowest BCUT2D eigenvalue weighted by Crippen LogP contribution is -2.54. The van der Waals surface area contributed by atoms with Crippen LogP contribution in [0, 0.1) is 5.92 Å². The molecule has 0 saturated carbocycles. The van der Waals surface area contributed by atoms with Crippen molar-refractivity contribution in [3.63, 3.8) is 0 Å². The molecule has 0 aliphatic rings. The van der Waals surface area contributed by atoms with Gasteiger partial charge >= 0.3 is 5.97 Å². The number of nitrogens with one attached hydrogen (secondary N) is 2. The van der Waals surface area contributed by atoms with Crippen molar-refractivity contribution in [1.82, 2.24) is 10.6 Å². The van der Waals surface area contributed by atoms with E-state index in [1.165, 1.54) is 11.8 Å². The van der Waals surface area contributed by atoms with E-state index in [-0.39, 0.29) is 25.2 Å². The molecule has 9 nitrogen and oxygen atoms in total. The van der Waals surface area contributed by atoms with E-state index in [9.17, 15) is 24.3 Å². The molecule has 0 rings (SSSR count). The third-order valence-electron chi connectivity index (χ3n) is 3.60. The molecule has 10 heteroatoms. The predicted molar refractivity (Wildman–Crippen MR) is 100 cm³/mol. The second kappa shape index (κ2) is 12.5. The lowest BCUT2D eigenvalue weighted by atomic mass is 10.0. The molecule has 7 N–H and O–H groups in total. The highest BCUT2D eigenvalue weighted by Crippen LogP contribution is 2.07. The summed E-state index contributed by atoms with van der Waals surface area (Å²) in [6, 6.07) is -2.96. The van der Waals surface area contributed by atoms with Gasteiger partial charge in [0.05, 0.1) is 6.04 Å².